The van der Waals surface area contributed by atoms with E-state index in [4.69, 9.17) is 0 Å². The van der Waals surface area contributed by atoms with Crippen molar-refractivity contribution in [1.29, 1.82) is 0 Å². The molecule has 0 amide bonds. The van der Waals surface area contributed by atoms with E-state index in [9.17, 15) is 13.2 Å². The SMILES string of the molecule is CN=C(NCc1cccc(Cn2cccn2)c1)N1CCN(C(C)C(F)(F)F)CC1.I. The fourth-order valence-corrected chi connectivity index (χ4v) is 3.46. The van der Waals surface area contributed by atoms with Crippen molar-refractivity contribution in [1.82, 2.24) is 24.9 Å². The van der Waals surface area contributed by atoms with Crippen LogP contribution < -0.4 is 5.32 Å². The van der Waals surface area contributed by atoms with Gasteiger partial charge < -0.3 is 10.2 Å². The van der Waals surface area contributed by atoms with Gasteiger partial charge in [0.2, 0.25) is 0 Å². The molecule has 1 N–H and O–H groups in total. The van der Waals surface area contributed by atoms with Gasteiger partial charge in [0, 0.05) is 52.2 Å². The first-order valence-corrected chi connectivity index (χ1v) is 9.68. The van der Waals surface area contributed by atoms with Gasteiger partial charge >= 0.3 is 6.18 Å². The Balaban J connectivity index is 0.00000320. The van der Waals surface area contributed by atoms with Crippen LogP contribution in [0.5, 0.6) is 0 Å². The molecule has 0 aliphatic carbocycles. The second-order valence-electron chi connectivity index (χ2n) is 7.16. The number of piperazine rings is 1. The number of guanidine groups is 1. The van der Waals surface area contributed by atoms with E-state index in [1.165, 1.54) is 11.8 Å². The predicted octanol–water partition coefficient (Wildman–Crippen LogP) is 3.19. The van der Waals surface area contributed by atoms with Crippen LogP contribution in [0.2, 0.25) is 0 Å². The molecule has 1 unspecified atom stereocenters. The highest BCUT2D eigenvalue weighted by Crippen LogP contribution is 2.25. The Bertz CT molecular complexity index is 801. The molecule has 6 nitrogen and oxygen atoms in total. The first-order chi connectivity index (χ1) is 13.9. The van der Waals surface area contributed by atoms with E-state index < -0.39 is 12.2 Å². The third-order valence-corrected chi connectivity index (χ3v) is 5.19. The van der Waals surface area contributed by atoms with Crippen LogP contribution in [0.4, 0.5) is 13.2 Å². The van der Waals surface area contributed by atoms with Crippen molar-refractivity contribution in [3.05, 3.63) is 53.9 Å². The number of nitrogens with one attached hydrogen (secondary N) is 1. The van der Waals surface area contributed by atoms with Gasteiger partial charge in [-0.1, -0.05) is 24.3 Å². The zero-order valence-corrected chi connectivity index (χ0v) is 19.5. The summed E-state index contributed by atoms with van der Waals surface area (Å²) in [5.74, 6) is 0.710. The molecule has 2 aromatic rings. The summed E-state index contributed by atoms with van der Waals surface area (Å²) in [4.78, 5) is 7.79. The Morgan fingerprint density at radius 2 is 1.87 bits per heavy atom. The van der Waals surface area contributed by atoms with E-state index in [0.29, 0.717) is 45.2 Å². The fourth-order valence-electron chi connectivity index (χ4n) is 3.46. The minimum Gasteiger partial charge on any atom is -0.352 e. The molecule has 3 rings (SSSR count). The molecule has 2 heterocycles. The Morgan fingerprint density at radius 3 is 2.47 bits per heavy atom. The van der Waals surface area contributed by atoms with Crippen LogP contribution in [-0.4, -0.2) is 71.0 Å². The van der Waals surface area contributed by atoms with Crippen molar-refractivity contribution < 1.29 is 13.2 Å². The lowest BCUT2D eigenvalue weighted by Crippen LogP contribution is -2.56. The quantitative estimate of drug-likeness (QED) is 0.363. The second-order valence-corrected chi connectivity index (χ2v) is 7.16. The first-order valence-electron chi connectivity index (χ1n) is 9.68. The number of aromatic nitrogens is 2. The van der Waals surface area contributed by atoms with Gasteiger partial charge in [0.15, 0.2) is 5.96 Å². The lowest BCUT2D eigenvalue weighted by Gasteiger charge is -2.39. The molecule has 166 valence electrons. The Morgan fingerprint density at radius 1 is 1.17 bits per heavy atom. The summed E-state index contributed by atoms with van der Waals surface area (Å²) in [5, 5.41) is 7.55. The monoisotopic (exact) mass is 536 g/mol. The third-order valence-electron chi connectivity index (χ3n) is 5.19. The van der Waals surface area contributed by atoms with Crippen molar-refractivity contribution in [3.8, 4) is 0 Å². The van der Waals surface area contributed by atoms with Crippen molar-refractivity contribution in [2.45, 2.75) is 32.2 Å². The average molecular weight is 536 g/mol. The van der Waals surface area contributed by atoms with Gasteiger partial charge in [0.25, 0.3) is 0 Å². The molecule has 0 spiro atoms. The molecule has 1 fully saturated rings. The molecule has 0 bridgehead atoms. The van der Waals surface area contributed by atoms with Gasteiger partial charge in [-0.25, -0.2) is 0 Å². The van der Waals surface area contributed by atoms with Gasteiger partial charge in [-0.15, -0.1) is 24.0 Å². The van der Waals surface area contributed by atoms with Crippen LogP contribution in [-0.2, 0) is 13.1 Å². The molecule has 0 radical (unpaired) electrons. The van der Waals surface area contributed by atoms with Gasteiger partial charge in [-0.3, -0.25) is 14.6 Å². The van der Waals surface area contributed by atoms with E-state index >= 15 is 0 Å². The highest BCUT2D eigenvalue weighted by molar-refractivity contribution is 14.0. The van der Waals surface area contributed by atoms with Crippen LogP contribution in [0.25, 0.3) is 0 Å². The maximum Gasteiger partial charge on any atom is 0.403 e. The molecule has 0 saturated carbocycles. The summed E-state index contributed by atoms with van der Waals surface area (Å²) in [6.07, 6.45) is -0.514. The molecule has 1 saturated heterocycles. The van der Waals surface area contributed by atoms with Crippen LogP contribution in [0.3, 0.4) is 0 Å². The van der Waals surface area contributed by atoms with Crippen LogP contribution in [0, 0.1) is 0 Å². The standard InChI is InChI=1S/C20H27F3N6.HI/c1-16(20(21,22)23)27-9-11-28(12-10-27)19(24-2)25-14-17-5-3-6-18(13-17)15-29-8-4-7-26-29;/h3-8,13,16H,9-12,14-15H2,1-2H3,(H,24,25);1H. The molecule has 10 heteroatoms. The summed E-state index contributed by atoms with van der Waals surface area (Å²) < 4.78 is 40.6. The average Bonchev–Trinajstić information content (AvgIpc) is 3.21. The topological polar surface area (TPSA) is 48.7 Å². The number of alkyl halides is 3. The zero-order valence-electron chi connectivity index (χ0n) is 17.1. The molecule has 30 heavy (non-hydrogen) atoms. The van der Waals surface area contributed by atoms with E-state index in [2.05, 4.69) is 27.5 Å². The van der Waals surface area contributed by atoms with Gasteiger partial charge in [-0.2, -0.15) is 18.3 Å². The Labute approximate surface area is 192 Å². The van der Waals surface area contributed by atoms with Crippen molar-refractivity contribution in [2.75, 3.05) is 33.2 Å². The molecule has 1 aromatic carbocycles. The number of benzene rings is 1. The van der Waals surface area contributed by atoms with E-state index in [1.54, 1.807) is 13.2 Å². The highest BCUT2D eigenvalue weighted by Gasteiger charge is 2.41. The molecular weight excluding hydrogens is 508 g/mol. The number of hydrogen-bond donors (Lipinski definition) is 1. The number of hydrogen-bond acceptors (Lipinski definition) is 3. The minimum absolute atomic E-state index is 0. The molecular formula is C20H28F3IN6. The normalized spacial score (nSPS) is 16.8. The number of halogens is 4. The van der Waals surface area contributed by atoms with Gasteiger partial charge in [0.1, 0.15) is 6.04 Å². The van der Waals surface area contributed by atoms with Crippen molar-refractivity contribution in [3.63, 3.8) is 0 Å². The van der Waals surface area contributed by atoms with Crippen molar-refractivity contribution in [2.24, 2.45) is 4.99 Å². The maximum absolute atomic E-state index is 12.9. The number of nitrogens with zero attached hydrogens (tertiary/aromatic N) is 5. The maximum atomic E-state index is 12.9. The lowest BCUT2D eigenvalue weighted by atomic mass is 10.1. The Hall–Kier alpha value is -1.82. The molecule has 1 aliphatic rings. The number of rotatable bonds is 5. The van der Waals surface area contributed by atoms with E-state index in [1.807, 2.05) is 34.0 Å². The zero-order chi connectivity index (χ0) is 20.9. The lowest BCUT2D eigenvalue weighted by molar-refractivity contribution is -0.181. The van der Waals surface area contributed by atoms with E-state index in [0.717, 1.165) is 11.1 Å². The van der Waals surface area contributed by atoms with E-state index in [-0.39, 0.29) is 24.0 Å². The third kappa shape index (κ3) is 6.59. The molecule has 1 atom stereocenters. The van der Waals surface area contributed by atoms with Crippen LogP contribution in [0.15, 0.2) is 47.7 Å². The fraction of sp³-hybridized carbons (Fsp3) is 0.500. The summed E-state index contributed by atoms with van der Waals surface area (Å²) in [7, 11) is 1.70. The van der Waals surface area contributed by atoms with Gasteiger partial charge in [0.05, 0.1) is 6.54 Å². The summed E-state index contributed by atoms with van der Waals surface area (Å²) in [5.41, 5.74) is 2.26. The summed E-state index contributed by atoms with van der Waals surface area (Å²) >= 11 is 0. The molecule has 1 aliphatic heterocycles. The van der Waals surface area contributed by atoms with Crippen LogP contribution >= 0.6 is 24.0 Å². The summed E-state index contributed by atoms with van der Waals surface area (Å²) in [6.45, 7) is 4.27. The largest absolute Gasteiger partial charge is 0.403 e. The van der Waals surface area contributed by atoms with Gasteiger partial charge in [-0.05, 0) is 24.1 Å². The summed E-state index contributed by atoms with van der Waals surface area (Å²) in [6, 6.07) is 8.69. The second kappa shape index (κ2) is 11.0. The van der Waals surface area contributed by atoms with Crippen LogP contribution in [0.1, 0.15) is 18.1 Å². The predicted molar refractivity (Wildman–Crippen MR) is 122 cm³/mol. The Kier molecular flexibility index (Phi) is 8.95. The van der Waals surface area contributed by atoms with Crippen molar-refractivity contribution >= 4 is 29.9 Å². The number of aliphatic imine (C=N–C) groups is 1. The minimum atomic E-state index is -4.19. The highest BCUT2D eigenvalue weighted by atomic mass is 127. The first kappa shape index (κ1) is 24.4. The smallest absolute Gasteiger partial charge is 0.352 e. The molecule has 1 aromatic heterocycles.